The summed E-state index contributed by atoms with van der Waals surface area (Å²) in [6.07, 6.45) is 2.42. The van der Waals surface area contributed by atoms with Gasteiger partial charge >= 0.3 is 0 Å². The van der Waals surface area contributed by atoms with Crippen LogP contribution in [0.2, 0.25) is 0 Å². The van der Waals surface area contributed by atoms with Gasteiger partial charge in [0.25, 0.3) is 6.43 Å². The Morgan fingerprint density at radius 1 is 1.23 bits per heavy atom. The molecule has 0 aliphatic carbocycles. The molecule has 2 N–H and O–H groups in total. The highest BCUT2D eigenvalue weighted by Gasteiger charge is 2.23. The van der Waals surface area contributed by atoms with Gasteiger partial charge in [0.2, 0.25) is 11.9 Å². The summed E-state index contributed by atoms with van der Waals surface area (Å²) in [5.74, 6) is 1.03. The second-order valence-electron chi connectivity index (χ2n) is 7.03. The van der Waals surface area contributed by atoms with Crippen LogP contribution in [0.3, 0.4) is 0 Å². The molecule has 0 aromatic carbocycles. The van der Waals surface area contributed by atoms with Crippen molar-refractivity contribution in [1.82, 2.24) is 24.7 Å². The number of hydrogen-bond acceptors (Lipinski definition) is 7. The molecule has 3 aromatic rings. The summed E-state index contributed by atoms with van der Waals surface area (Å²) in [4.78, 5) is 26.1. The number of nitrogens with one attached hydrogen (secondary N) is 2. The minimum Gasteiger partial charge on any atom is -0.350 e. The molecule has 1 amide bonds. The molecule has 9 nitrogen and oxygen atoms in total. The lowest BCUT2D eigenvalue weighted by Gasteiger charge is -2.27. The Labute approximate surface area is 171 Å². The van der Waals surface area contributed by atoms with Crippen molar-refractivity contribution in [3.63, 3.8) is 0 Å². The molecule has 1 aliphatic rings. The number of aromatic nitrogens is 5. The second kappa shape index (κ2) is 8.01. The number of carbonyl (C=O) groups is 1. The molecule has 0 spiro atoms. The quantitative estimate of drug-likeness (QED) is 0.639. The molecule has 0 saturated carbocycles. The van der Waals surface area contributed by atoms with E-state index in [1.807, 2.05) is 13.1 Å². The third-order valence-electron chi connectivity index (χ3n) is 4.63. The normalized spacial score (nSPS) is 13.4. The molecule has 4 rings (SSSR count). The van der Waals surface area contributed by atoms with Crippen LogP contribution in [0.1, 0.15) is 28.9 Å². The van der Waals surface area contributed by atoms with Crippen LogP contribution in [-0.4, -0.2) is 44.2 Å². The molecule has 156 valence electrons. The van der Waals surface area contributed by atoms with E-state index in [1.165, 1.54) is 12.3 Å². The van der Waals surface area contributed by atoms with E-state index in [2.05, 4.69) is 30.7 Å². The highest BCUT2D eigenvalue weighted by molar-refractivity contribution is 6.00. The number of carbonyl (C=O) groups excluding carboxylic acids is 1. The first-order valence-corrected chi connectivity index (χ1v) is 9.27. The number of pyridine rings is 1. The molecule has 0 atom stereocenters. The number of amides is 1. The van der Waals surface area contributed by atoms with Gasteiger partial charge in [0.1, 0.15) is 11.4 Å². The molecule has 0 radical (unpaired) electrons. The SMILES string of the molecule is Cc1nc(NCc2cnn(Cc3ccc(C(F)F)nc3)c2)nc2c1NC(=O)CN2C. The molecule has 11 heteroatoms. The lowest BCUT2D eigenvalue weighted by molar-refractivity contribution is -0.115. The zero-order valence-electron chi connectivity index (χ0n) is 16.4. The Hall–Kier alpha value is -3.63. The smallest absolute Gasteiger partial charge is 0.280 e. The predicted molar refractivity (Wildman–Crippen MR) is 107 cm³/mol. The van der Waals surface area contributed by atoms with E-state index in [1.54, 1.807) is 28.9 Å². The number of fused-ring (bicyclic) bond motifs is 1. The van der Waals surface area contributed by atoms with Crippen LogP contribution < -0.4 is 15.5 Å². The summed E-state index contributed by atoms with van der Waals surface area (Å²) >= 11 is 0. The summed E-state index contributed by atoms with van der Waals surface area (Å²) in [5, 5.41) is 10.3. The van der Waals surface area contributed by atoms with Crippen LogP contribution in [0.25, 0.3) is 0 Å². The first kappa shape index (κ1) is 19.7. The molecule has 0 unspecified atom stereocenters. The molecule has 1 aliphatic heterocycles. The Bertz CT molecular complexity index is 1070. The number of aryl methyl sites for hydroxylation is 1. The first-order chi connectivity index (χ1) is 14.4. The van der Waals surface area contributed by atoms with E-state index < -0.39 is 6.43 Å². The van der Waals surface area contributed by atoms with Crippen molar-refractivity contribution in [3.8, 4) is 0 Å². The van der Waals surface area contributed by atoms with Gasteiger partial charge in [0, 0.05) is 31.5 Å². The Morgan fingerprint density at radius 2 is 2.07 bits per heavy atom. The maximum atomic E-state index is 12.6. The number of likely N-dealkylation sites (N-methyl/N-ethyl adjacent to an activating group) is 1. The summed E-state index contributed by atoms with van der Waals surface area (Å²) in [5.41, 5.74) is 2.75. The van der Waals surface area contributed by atoms with E-state index >= 15 is 0 Å². The zero-order chi connectivity index (χ0) is 21.3. The number of alkyl halides is 2. The van der Waals surface area contributed by atoms with Crippen LogP contribution >= 0.6 is 0 Å². The van der Waals surface area contributed by atoms with Crippen molar-refractivity contribution in [2.24, 2.45) is 0 Å². The fourth-order valence-corrected chi connectivity index (χ4v) is 3.14. The predicted octanol–water partition coefficient (Wildman–Crippen LogP) is 2.36. The van der Waals surface area contributed by atoms with Gasteiger partial charge < -0.3 is 15.5 Å². The minimum absolute atomic E-state index is 0.0936. The molecule has 30 heavy (non-hydrogen) atoms. The van der Waals surface area contributed by atoms with Crippen molar-refractivity contribution < 1.29 is 13.6 Å². The molecule has 0 bridgehead atoms. The van der Waals surface area contributed by atoms with Gasteiger partial charge in [-0.3, -0.25) is 14.5 Å². The molecule has 0 saturated heterocycles. The van der Waals surface area contributed by atoms with Crippen LogP contribution in [0, 0.1) is 6.92 Å². The van der Waals surface area contributed by atoms with E-state index in [0.717, 1.165) is 11.1 Å². The molecule has 0 fully saturated rings. The van der Waals surface area contributed by atoms with E-state index in [0.29, 0.717) is 36.2 Å². The highest BCUT2D eigenvalue weighted by atomic mass is 19.3. The van der Waals surface area contributed by atoms with Gasteiger partial charge in [-0.05, 0) is 18.6 Å². The summed E-state index contributed by atoms with van der Waals surface area (Å²) in [7, 11) is 1.81. The molecular formula is C19H20F2N8O. The third kappa shape index (κ3) is 4.19. The number of anilines is 3. The van der Waals surface area contributed by atoms with Gasteiger partial charge in [-0.2, -0.15) is 10.1 Å². The van der Waals surface area contributed by atoms with Gasteiger partial charge in [0.15, 0.2) is 5.82 Å². The second-order valence-corrected chi connectivity index (χ2v) is 7.03. The Balaban J connectivity index is 1.40. The average Bonchev–Trinajstić information content (AvgIpc) is 3.15. The van der Waals surface area contributed by atoms with Crippen LogP contribution in [-0.2, 0) is 17.9 Å². The van der Waals surface area contributed by atoms with E-state index in [4.69, 9.17) is 0 Å². The summed E-state index contributed by atoms with van der Waals surface area (Å²) in [6.45, 7) is 2.94. The minimum atomic E-state index is -2.58. The van der Waals surface area contributed by atoms with Gasteiger partial charge in [-0.25, -0.2) is 13.8 Å². The third-order valence-corrected chi connectivity index (χ3v) is 4.63. The largest absolute Gasteiger partial charge is 0.350 e. The van der Waals surface area contributed by atoms with E-state index in [-0.39, 0.29) is 18.1 Å². The Kier molecular flexibility index (Phi) is 5.25. The molecular weight excluding hydrogens is 394 g/mol. The van der Waals surface area contributed by atoms with Gasteiger partial charge in [-0.15, -0.1) is 0 Å². The summed E-state index contributed by atoms with van der Waals surface area (Å²) < 4.78 is 26.9. The van der Waals surface area contributed by atoms with Crippen molar-refractivity contribution in [1.29, 1.82) is 0 Å². The fourth-order valence-electron chi connectivity index (χ4n) is 3.14. The summed E-state index contributed by atoms with van der Waals surface area (Å²) in [6, 6.07) is 2.94. The number of rotatable bonds is 6. The monoisotopic (exact) mass is 414 g/mol. The maximum Gasteiger partial charge on any atom is 0.280 e. The van der Waals surface area contributed by atoms with Crippen molar-refractivity contribution in [2.45, 2.75) is 26.4 Å². The topological polar surface area (TPSA) is 101 Å². The molecule has 3 aromatic heterocycles. The number of nitrogens with zero attached hydrogens (tertiary/aromatic N) is 6. The van der Waals surface area contributed by atoms with Crippen molar-refractivity contribution in [3.05, 3.63) is 53.2 Å². The van der Waals surface area contributed by atoms with Crippen molar-refractivity contribution >= 4 is 23.4 Å². The fraction of sp³-hybridized carbons (Fsp3) is 0.316. The lowest BCUT2D eigenvalue weighted by atomic mass is 10.2. The van der Waals surface area contributed by atoms with Gasteiger partial charge in [0.05, 0.1) is 25.0 Å². The molecule has 4 heterocycles. The first-order valence-electron chi connectivity index (χ1n) is 9.27. The average molecular weight is 414 g/mol. The van der Waals surface area contributed by atoms with Crippen molar-refractivity contribution in [2.75, 3.05) is 29.1 Å². The van der Waals surface area contributed by atoms with Crippen LogP contribution in [0.5, 0.6) is 0 Å². The van der Waals surface area contributed by atoms with E-state index in [9.17, 15) is 13.6 Å². The zero-order valence-corrected chi connectivity index (χ0v) is 16.4. The van der Waals surface area contributed by atoms with Crippen LogP contribution in [0.4, 0.5) is 26.2 Å². The number of halogens is 2. The number of hydrogen-bond donors (Lipinski definition) is 2. The standard InChI is InChI=1S/C19H20F2N8O/c1-11-16-18(28(2)10-15(30)26-16)27-19(25-11)23-6-13-7-24-29(9-13)8-12-3-4-14(17(20)21)22-5-12/h3-5,7,9,17H,6,8,10H2,1-2H3,(H,26,30)(H,23,25,27). The van der Waals surface area contributed by atoms with Gasteiger partial charge in [-0.1, -0.05) is 6.07 Å². The maximum absolute atomic E-state index is 12.6. The lowest BCUT2D eigenvalue weighted by Crippen LogP contribution is -2.36. The van der Waals surface area contributed by atoms with Crippen LogP contribution in [0.15, 0.2) is 30.7 Å². The highest BCUT2D eigenvalue weighted by Crippen LogP contribution is 2.29. The Morgan fingerprint density at radius 3 is 2.80 bits per heavy atom.